The first-order valence-electron chi connectivity index (χ1n) is 5.74. The number of hydrogen-bond donors (Lipinski definition) is 3. The minimum atomic E-state index is -2.65. The highest BCUT2D eigenvalue weighted by atomic mass is 19.3. The molecule has 1 amide bonds. The average Bonchev–Trinajstić information content (AvgIpc) is 2.26. The monoisotopic (exact) mass is 251 g/mol. The zero-order chi connectivity index (χ0) is 13.1. The summed E-state index contributed by atoms with van der Waals surface area (Å²) < 4.78 is 25.7. The Morgan fingerprint density at radius 1 is 1.47 bits per heavy atom. The van der Waals surface area contributed by atoms with E-state index < -0.39 is 24.0 Å². The molecule has 17 heavy (non-hydrogen) atoms. The molecule has 1 fully saturated rings. The number of hydrogen-bond acceptors (Lipinski definition) is 3. The van der Waals surface area contributed by atoms with Crippen molar-refractivity contribution < 1.29 is 23.8 Å². The van der Waals surface area contributed by atoms with Crippen LogP contribution in [0.5, 0.6) is 0 Å². The Morgan fingerprint density at radius 2 is 2.00 bits per heavy atom. The number of carbonyl (C=O) groups is 1. The van der Waals surface area contributed by atoms with E-state index in [4.69, 9.17) is 5.11 Å². The first-order valence-corrected chi connectivity index (χ1v) is 5.74. The average molecular weight is 251 g/mol. The van der Waals surface area contributed by atoms with E-state index in [0.29, 0.717) is 0 Å². The van der Waals surface area contributed by atoms with Gasteiger partial charge in [-0.05, 0) is 19.8 Å². The van der Waals surface area contributed by atoms with E-state index in [1.165, 1.54) is 6.92 Å². The number of alkyl halides is 2. The minimum absolute atomic E-state index is 0.0742. The van der Waals surface area contributed by atoms with Gasteiger partial charge in [-0.3, -0.25) is 4.79 Å². The molecule has 0 aliphatic heterocycles. The number of rotatable bonds is 4. The maximum atomic E-state index is 12.9. The third-order valence-electron chi connectivity index (χ3n) is 3.07. The fourth-order valence-electron chi connectivity index (χ4n) is 1.78. The zero-order valence-corrected chi connectivity index (χ0v) is 9.88. The SMILES string of the molecule is CC(O)(CO)CNC(=O)C1CCC(F)(F)CC1. The molecule has 0 aromatic heterocycles. The van der Waals surface area contributed by atoms with Crippen molar-refractivity contribution in [3.05, 3.63) is 0 Å². The first kappa shape index (κ1) is 14.3. The maximum absolute atomic E-state index is 12.9. The number of halogens is 2. The van der Waals surface area contributed by atoms with E-state index in [9.17, 15) is 18.7 Å². The summed E-state index contributed by atoms with van der Waals surface area (Å²) in [5.41, 5.74) is -1.37. The predicted octanol–water partition coefficient (Wildman–Crippen LogP) is 0.671. The van der Waals surface area contributed by atoms with Crippen LogP contribution in [0.4, 0.5) is 8.78 Å². The van der Waals surface area contributed by atoms with Crippen LogP contribution in [-0.4, -0.2) is 40.8 Å². The van der Waals surface area contributed by atoms with E-state index in [2.05, 4.69) is 5.32 Å². The van der Waals surface area contributed by atoms with Crippen LogP contribution in [-0.2, 0) is 4.79 Å². The summed E-state index contributed by atoms with van der Waals surface area (Å²) in [5, 5.41) is 20.7. The van der Waals surface area contributed by atoms with Crippen LogP contribution in [0, 0.1) is 5.92 Å². The van der Waals surface area contributed by atoms with Crippen molar-refractivity contribution in [2.75, 3.05) is 13.2 Å². The minimum Gasteiger partial charge on any atom is -0.393 e. The van der Waals surface area contributed by atoms with Gasteiger partial charge >= 0.3 is 0 Å². The summed E-state index contributed by atoms with van der Waals surface area (Å²) in [4.78, 5) is 11.6. The van der Waals surface area contributed by atoms with Gasteiger partial charge in [-0.25, -0.2) is 8.78 Å². The molecule has 0 radical (unpaired) electrons. The number of amides is 1. The molecule has 0 spiro atoms. The van der Waals surface area contributed by atoms with Crippen LogP contribution in [0.3, 0.4) is 0 Å². The summed E-state index contributed by atoms with van der Waals surface area (Å²) in [5.74, 6) is -3.38. The molecule has 3 N–H and O–H groups in total. The maximum Gasteiger partial charge on any atom is 0.248 e. The smallest absolute Gasteiger partial charge is 0.248 e. The lowest BCUT2D eigenvalue weighted by Crippen LogP contribution is -2.45. The molecule has 1 saturated carbocycles. The van der Waals surface area contributed by atoms with Crippen molar-refractivity contribution in [2.24, 2.45) is 5.92 Å². The highest BCUT2D eigenvalue weighted by molar-refractivity contribution is 5.78. The molecular formula is C11H19F2NO3. The molecule has 1 rings (SSSR count). The third-order valence-corrected chi connectivity index (χ3v) is 3.07. The molecule has 4 nitrogen and oxygen atoms in total. The van der Waals surface area contributed by atoms with Crippen molar-refractivity contribution in [1.29, 1.82) is 0 Å². The zero-order valence-electron chi connectivity index (χ0n) is 9.88. The Balaban J connectivity index is 2.35. The van der Waals surface area contributed by atoms with E-state index in [1.54, 1.807) is 0 Å². The molecule has 1 unspecified atom stereocenters. The van der Waals surface area contributed by atoms with Crippen LogP contribution in [0.15, 0.2) is 0 Å². The van der Waals surface area contributed by atoms with Crippen molar-refractivity contribution in [1.82, 2.24) is 5.32 Å². The standard InChI is InChI=1S/C11H19F2NO3/c1-10(17,7-15)6-14-9(16)8-2-4-11(12,13)5-3-8/h8,15,17H,2-7H2,1H3,(H,14,16). The first-order chi connectivity index (χ1) is 7.76. The fourth-order valence-corrected chi connectivity index (χ4v) is 1.78. The molecule has 1 aliphatic carbocycles. The Kier molecular flexibility index (Phi) is 4.43. The lowest BCUT2D eigenvalue weighted by molar-refractivity contribution is -0.130. The van der Waals surface area contributed by atoms with E-state index in [1.807, 2.05) is 0 Å². The Bertz CT molecular complexity index is 272. The van der Waals surface area contributed by atoms with E-state index in [-0.39, 0.29) is 38.1 Å². The van der Waals surface area contributed by atoms with E-state index >= 15 is 0 Å². The fraction of sp³-hybridized carbons (Fsp3) is 0.909. The number of aliphatic hydroxyl groups excluding tert-OH is 1. The van der Waals surface area contributed by atoms with Crippen LogP contribution in [0.2, 0.25) is 0 Å². The van der Waals surface area contributed by atoms with E-state index in [0.717, 1.165) is 0 Å². The summed E-state index contributed by atoms with van der Waals surface area (Å²) in [6.07, 6.45) is -0.191. The summed E-state index contributed by atoms with van der Waals surface area (Å²) >= 11 is 0. The second-order valence-corrected chi connectivity index (χ2v) is 5.00. The van der Waals surface area contributed by atoms with Gasteiger partial charge in [0, 0.05) is 25.3 Å². The van der Waals surface area contributed by atoms with Crippen LogP contribution in [0.1, 0.15) is 32.6 Å². The van der Waals surface area contributed by atoms with Crippen LogP contribution >= 0.6 is 0 Å². The quantitative estimate of drug-likeness (QED) is 0.688. The molecule has 0 bridgehead atoms. The van der Waals surface area contributed by atoms with Crippen molar-refractivity contribution >= 4 is 5.91 Å². The lowest BCUT2D eigenvalue weighted by atomic mass is 9.86. The largest absolute Gasteiger partial charge is 0.393 e. The highest BCUT2D eigenvalue weighted by Crippen LogP contribution is 2.36. The number of nitrogens with one attached hydrogen (secondary N) is 1. The van der Waals surface area contributed by atoms with Crippen LogP contribution < -0.4 is 5.32 Å². The van der Waals surface area contributed by atoms with Gasteiger partial charge in [0.15, 0.2) is 0 Å². The van der Waals surface area contributed by atoms with Crippen molar-refractivity contribution in [3.8, 4) is 0 Å². The molecule has 0 aromatic rings. The second-order valence-electron chi connectivity index (χ2n) is 5.00. The summed E-state index contributed by atoms with van der Waals surface area (Å²) in [6.45, 7) is 0.855. The van der Waals surface area contributed by atoms with Crippen LogP contribution in [0.25, 0.3) is 0 Å². The van der Waals surface area contributed by atoms with Gasteiger partial charge in [-0.15, -0.1) is 0 Å². The van der Waals surface area contributed by atoms with Gasteiger partial charge in [0.05, 0.1) is 6.61 Å². The predicted molar refractivity (Wildman–Crippen MR) is 57.6 cm³/mol. The van der Waals surface area contributed by atoms with Gasteiger partial charge in [0.1, 0.15) is 5.60 Å². The molecular weight excluding hydrogens is 232 g/mol. The molecule has 1 atom stereocenters. The summed E-state index contributed by atoms with van der Waals surface area (Å²) in [6, 6.07) is 0. The number of aliphatic hydroxyl groups is 2. The highest BCUT2D eigenvalue weighted by Gasteiger charge is 2.37. The molecule has 1 aliphatic rings. The number of carbonyl (C=O) groups excluding carboxylic acids is 1. The van der Waals surface area contributed by atoms with Gasteiger partial charge in [-0.2, -0.15) is 0 Å². The molecule has 0 heterocycles. The Hall–Kier alpha value is -0.750. The third kappa shape index (κ3) is 4.55. The lowest BCUT2D eigenvalue weighted by Gasteiger charge is -2.28. The van der Waals surface area contributed by atoms with Crippen molar-refractivity contribution in [2.45, 2.75) is 44.1 Å². The van der Waals surface area contributed by atoms with Gasteiger partial charge in [0.25, 0.3) is 0 Å². The molecule has 100 valence electrons. The molecule has 0 aromatic carbocycles. The normalized spacial score (nSPS) is 24.1. The second kappa shape index (κ2) is 5.27. The van der Waals surface area contributed by atoms with Gasteiger partial charge in [-0.1, -0.05) is 0 Å². The summed E-state index contributed by atoms with van der Waals surface area (Å²) in [7, 11) is 0. The van der Waals surface area contributed by atoms with Gasteiger partial charge < -0.3 is 15.5 Å². The topological polar surface area (TPSA) is 69.6 Å². The van der Waals surface area contributed by atoms with Crippen molar-refractivity contribution in [3.63, 3.8) is 0 Å². The van der Waals surface area contributed by atoms with Gasteiger partial charge in [0.2, 0.25) is 11.8 Å². The Labute approximate surface area is 99.0 Å². The Morgan fingerprint density at radius 3 is 2.47 bits per heavy atom. The molecule has 0 saturated heterocycles. The molecule has 6 heteroatoms.